The van der Waals surface area contributed by atoms with E-state index in [1.807, 2.05) is 6.08 Å². The van der Waals surface area contributed by atoms with Gasteiger partial charge in [0.2, 0.25) is 0 Å². The van der Waals surface area contributed by atoms with Crippen LogP contribution in [0.15, 0.2) is 36.9 Å². The fourth-order valence-corrected chi connectivity index (χ4v) is 2.49. The maximum atomic E-state index is 5.89. The molecule has 1 heteroatoms. The van der Waals surface area contributed by atoms with Crippen molar-refractivity contribution in [3.05, 3.63) is 42.5 Å². The van der Waals surface area contributed by atoms with Gasteiger partial charge in [0.05, 0.1) is 6.61 Å². The highest BCUT2D eigenvalue weighted by atomic mass is 16.5. The van der Waals surface area contributed by atoms with Crippen LogP contribution in [0.25, 0.3) is 0 Å². The van der Waals surface area contributed by atoms with Crippen LogP contribution in [0.2, 0.25) is 0 Å². The van der Waals surface area contributed by atoms with E-state index in [4.69, 9.17) is 4.74 Å². The molecule has 0 aromatic heterocycles. The molecular formula is C20H32O. The number of benzene rings is 1. The van der Waals surface area contributed by atoms with Crippen molar-refractivity contribution in [3.8, 4) is 5.75 Å². The van der Waals surface area contributed by atoms with Crippen LogP contribution in [0.5, 0.6) is 5.75 Å². The number of hydrogen-bond donors (Lipinski definition) is 0. The van der Waals surface area contributed by atoms with Gasteiger partial charge in [-0.25, -0.2) is 0 Å². The molecule has 0 fully saturated rings. The van der Waals surface area contributed by atoms with E-state index in [2.05, 4.69) is 37.8 Å². The van der Waals surface area contributed by atoms with Gasteiger partial charge in [0.25, 0.3) is 0 Å². The average molecular weight is 288 g/mol. The van der Waals surface area contributed by atoms with Crippen LogP contribution in [0, 0.1) is 0 Å². The van der Waals surface area contributed by atoms with Gasteiger partial charge in [-0.2, -0.15) is 0 Å². The molecule has 0 radical (unpaired) electrons. The van der Waals surface area contributed by atoms with E-state index in [0.29, 0.717) is 0 Å². The minimum Gasteiger partial charge on any atom is -0.493 e. The third-order valence-electron chi connectivity index (χ3n) is 3.83. The first kappa shape index (κ1) is 17.8. The van der Waals surface area contributed by atoms with Gasteiger partial charge in [-0.15, -0.1) is 6.58 Å². The number of allylic oxidation sites excluding steroid dienone is 1. The van der Waals surface area contributed by atoms with Crippen molar-refractivity contribution in [1.29, 1.82) is 0 Å². The third-order valence-corrected chi connectivity index (χ3v) is 3.83. The predicted molar refractivity (Wildman–Crippen MR) is 93.1 cm³/mol. The molecule has 1 nitrogen and oxygen atoms in total. The van der Waals surface area contributed by atoms with E-state index < -0.39 is 0 Å². The minimum absolute atomic E-state index is 0.844. The highest BCUT2D eigenvalue weighted by Crippen LogP contribution is 2.21. The smallest absolute Gasteiger partial charge is 0.122 e. The summed E-state index contributed by atoms with van der Waals surface area (Å²) in [6.45, 7) is 6.81. The van der Waals surface area contributed by atoms with Crippen molar-refractivity contribution in [3.63, 3.8) is 0 Å². The average Bonchev–Trinajstić information content (AvgIpc) is 2.51. The summed E-state index contributed by atoms with van der Waals surface area (Å²) in [5.41, 5.74) is 1.38. The number of hydrogen-bond acceptors (Lipinski definition) is 1. The summed E-state index contributed by atoms with van der Waals surface area (Å²) < 4.78 is 5.89. The predicted octanol–water partition coefficient (Wildman–Crippen LogP) is 6.32. The van der Waals surface area contributed by atoms with Gasteiger partial charge in [0, 0.05) is 0 Å². The molecule has 1 aromatic carbocycles. The van der Waals surface area contributed by atoms with Crippen LogP contribution >= 0.6 is 0 Å². The molecule has 0 amide bonds. The van der Waals surface area contributed by atoms with Crippen LogP contribution in [0.1, 0.15) is 70.3 Å². The number of ether oxygens (including phenoxy) is 1. The second-order valence-corrected chi connectivity index (χ2v) is 5.76. The molecular weight excluding hydrogens is 256 g/mol. The molecule has 21 heavy (non-hydrogen) atoms. The Labute approximate surface area is 131 Å². The lowest BCUT2D eigenvalue weighted by molar-refractivity contribution is 0.306. The third kappa shape index (κ3) is 8.60. The van der Waals surface area contributed by atoms with Crippen LogP contribution in [0.4, 0.5) is 0 Å². The van der Waals surface area contributed by atoms with Gasteiger partial charge < -0.3 is 4.74 Å². The summed E-state index contributed by atoms with van der Waals surface area (Å²) in [5.74, 6) is 1.09. The van der Waals surface area contributed by atoms with E-state index in [0.717, 1.165) is 25.2 Å². The molecule has 1 aromatic rings. The van der Waals surface area contributed by atoms with Gasteiger partial charge >= 0.3 is 0 Å². The Morgan fingerprint density at radius 1 is 0.952 bits per heavy atom. The first-order valence-electron chi connectivity index (χ1n) is 8.70. The molecule has 0 bridgehead atoms. The fourth-order valence-electron chi connectivity index (χ4n) is 2.49. The number of para-hydroxylation sites is 1. The van der Waals surface area contributed by atoms with E-state index in [1.165, 1.54) is 56.9 Å². The topological polar surface area (TPSA) is 9.23 Å². The molecule has 0 N–H and O–H groups in total. The van der Waals surface area contributed by atoms with Crippen molar-refractivity contribution in [2.75, 3.05) is 6.61 Å². The van der Waals surface area contributed by atoms with Gasteiger partial charge in [-0.3, -0.25) is 0 Å². The second kappa shape index (κ2) is 12.5. The number of unbranched alkanes of at least 4 members (excludes halogenated alkanes) is 7. The zero-order chi connectivity index (χ0) is 15.2. The molecule has 118 valence electrons. The SMILES string of the molecule is C=CCCCCCCCCc1ccccc1OCCCC. The zero-order valence-electron chi connectivity index (χ0n) is 13.8. The van der Waals surface area contributed by atoms with Crippen molar-refractivity contribution in [2.24, 2.45) is 0 Å². The van der Waals surface area contributed by atoms with E-state index in [1.54, 1.807) is 0 Å². The van der Waals surface area contributed by atoms with Crippen LogP contribution in [-0.4, -0.2) is 6.61 Å². The van der Waals surface area contributed by atoms with Gasteiger partial charge in [0.1, 0.15) is 5.75 Å². The van der Waals surface area contributed by atoms with Crippen LogP contribution in [0.3, 0.4) is 0 Å². The Balaban J connectivity index is 2.17. The summed E-state index contributed by atoms with van der Waals surface area (Å²) in [7, 11) is 0. The Morgan fingerprint density at radius 2 is 1.67 bits per heavy atom. The van der Waals surface area contributed by atoms with E-state index >= 15 is 0 Å². The number of rotatable bonds is 13. The lowest BCUT2D eigenvalue weighted by Crippen LogP contribution is -1.99. The summed E-state index contributed by atoms with van der Waals surface area (Å²) in [6, 6.07) is 8.52. The van der Waals surface area contributed by atoms with Gasteiger partial charge in [-0.1, -0.05) is 63.3 Å². The van der Waals surface area contributed by atoms with Crippen LogP contribution in [-0.2, 0) is 6.42 Å². The second-order valence-electron chi connectivity index (χ2n) is 5.76. The summed E-state index contributed by atoms with van der Waals surface area (Å²) in [5, 5.41) is 0. The molecule has 1 rings (SSSR count). The van der Waals surface area contributed by atoms with Gasteiger partial charge in [-0.05, 0) is 43.7 Å². The quantitative estimate of drug-likeness (QED) is 0.304. The maximum Gasteiger partial charge on any atom is 0.122 e. The Hall–Kier alpha value is -1.24. The molecule has 0 aliphatic heterocycles. The lowest BCUT2D eigenvalue weighted by Gasteiger charge is -2.11. The summed E-state index contributed by atoms with van der Waals surface area (Å²) >= 11 is 0. The van der Waals surface area contributed by atoms with Crippen LogP contribution < -0.4 is 4.74 Å². The first-order chi connectivity index (χ1) is 10.4. The van der Waals surface area contributed by atoms with Crippen molar-refractivity contribution >= 4 is 0 Å². The van der Waals surface area contributed by atoms with Crippen molar-refractivity contribution in [1.82, 2.24) is 0 Å². The molecule has 0 heterocycles. The number of aryl methyl sites for hydroxylation is 1. The van der Waals surface area contributed by atoms with E-state index in [9.17, 15) is 0 Å². The first-order valence-corrected chi connectivity index (χ1v) is 8.70. The maximum absolute atomic E-state index is 5.89. The minimum atomic E-state index is 0.844. The van der Waals surface area contributed by atoms with E-state index in [-0.39, 0.29) is 0 Å². The molecule has 0 saturated heterocycles. The Kier molecular flexibility index (Phi) is 10.6. The largest absolute Gasteiger partial charge is 0.493 e. The Bertz CT molecular complexity index is 370. The standard InChI is InChI=1S/C20H32O/c1-3-5-7-8-9-10-11-12-15-19-16-13-14-17-20(19)21-18-6-4-2/h3,13-14,16-17H,1,4-12,15,18H2,2H3. The molecule has 0 aliphatic carbocycles. The highest BCUT2D eigenvalue weighted by molar-refractivity contribution is 5.33. The zero-order valence-corrected chi connectivity index (χ0v) is 13.8. The monoisotopic (exact) mass is 288 g/mol. The fraction of sp³-hybridized carbons (Fsp3) is 0.600. The molecule has 0 aliphatic rings. The summed E-state index contributed by atoms with van der Waals surface area (Å²) in [4.78, 5) is 0. The lowest BCUT2D eigenvalue weighted by atomic mass is 10.0. The normalized spacial score (nSPS) is 10.5. The van der Waals surface area contributed by atoms with Crippen molar-refractivity contribution in [2.45, 2.75) is 71.1 Å². The molecule has 0 spiro atoms. The Morgan fingerprint density at radius 3 is 2.43 bits per heavy atom. The summed E-state index contributed by atoms with van der Waals surface area (Å²) in [6.07, 6.45) is 14.6. The highest BCUT2D eigenvalue weighted by Gasteiger charge is 2.02. The molecule has 0 atom stereocenters. The van der Waals surface area contributed by atoms with Gasteiger partial charge in [0.15, 0.2) is 0 Å². The van der Waals surface area contributed by atoms with Crippen molar-refractivity contribution < 1.29 is 4.74 Å². The molecule has 0 saturated carbocycles. The molecule has 0 unspecified atom stereocenters.